The fourth-order valence-electron chi connectivity index (χ4n) is 2.66. The Labute approximate surface area is 129 Å². The van der Waals surface area contributed by atoms with E-state index in [0.29, 0.717) is 5.69 Å². The highest BCUT2D eigenvalue weighted by atomic mass is 16.1. The monoisotopic (exact) mass is 297 g/mol. The minimum atomic E-state index is -0.489. The van der Waals surface area contributed by atoms with Crippen molar-refractivity contribution in [1.82, 2.24) is 14.9 Å². The third-order valence-electron chi connectivity index (χ3n) is 3.86. The van der Waals surface area contributed by atoms with Crippen molar-refractivity contribution >= 4 is 11.6 Å². The standard InChI is InChI=1S/C16H19N5O/c17-16(22)15-10-14(3-5-19-15)21-8-6-20(7-9-21)12-13-2-1-4-18-11-13/h1-5,10-11H,6-9,12H2,(H2,17,22). The van der Waals surface area contributed by atoms with Crippen LogP contribution in [0.5, 0.6) is 0 Å². The van der Waals surface area contributed by atoms with Crippen molar-refractivity contribution < 1.29 is 4.79 Å². The Bertz CT molecular complexity index is 638. The van der Waals surface area contributed by atoms with Crippen LogP contribution in [0.3, 0.4) is 0 Å². The van der Waals surface area contributed by atoms with E-state index >= 15 is 0 Å². The highest BCUT2D eigenvalue weighted by Gasteiger charge is 2.18. The van der Waals surface area contributed by atoms with Gasteiger partial charge in [-0.25, -0.2) is 0 Å². The van der Waals surface area contributed by atoms with Gasteiger partial charge in [-0.1, -0.05) is 6.07 Å². The molecule has 1 aliphatic rings. The quantitative estimate of drug-likeness (QED) is 0.907. The summed E-state index contributed by atoms with van der Waals surface area (Å²) in [5.74, 6) is -0.489. The lowest BCUT2D eigenvalue weighted by Crippen LogP contribution is -2.46. The molecule has 1 fully saturated rings. The molecule has 6 nitrogen and oxygen atoms in total. The van der Waals surface area contributed by atoms with Crippen LogP contribution >= 0.6 is 0 Å². The minimum absolute atomic E-state index is 0.315. The number of rotatable bonds is 4. The molecular weight excluding hydrogens is 278 g/mol. The van der Waals surface area contributed by atoms with Gasteiger partial charge < -0.3 is 10.6 Å². The van der Waals surface area contributed by atoms with Crippen molar-refractivity contribution in [3.63, 3.8) is 0 Å². The van der Waals surface area contributed by atoms with Crippen LogP contribution < -0.4 is 10.6 Å². The molecule has 22 heavy (non-hydrogen) atoms. The Balaban J connectivity index is 1.60. The molecule has 0 bridgehead atoms. The molecule has 2 aromatic rings. The van der Waals surface area contributed by atoms with E-state index < -0.39 is 5.91 Å². The van der Waals surface area contributed by atoms with E-state index in [1.807, 2.05) is 18.3 Å². The van der Waals surface area contributed by atoms with Gasteiger partial charge in [-0.2, -0.15) is 0 Å². The van der Waals surface area contributed by atoms with Crippen LogP contribution in [0.2, 0.25) is 0 Å². The number of primary amides is 1. The van der Waals surface area contributed by atoms with Gasteiger partial charge in [-0.15, -0.1) is 0 Å². The third-order valence-corrected chi connectivity index (χ3v) is 3.86. The molecule has 1 amide bonds. The molecule has 0 unspecified atom stereocenters. The highest BCUT2D eigenvalue weighted by Crippen LogP contribution is 2.17. The summed E-state index contributed by atoms with van der Waals surface area (Å²) < 4.78 is 0. The molecule has 2 aromatic heterocycles. The number of amides is 1. The largest absolute Gasteiger partial charge is 0.369 e. The van der Waals surface area contributed by atoms with Crippen molar-refractivity contribution in [3.05, 3.63) is 54.1 Å². The molecule has 0 saturated carbocycles. The van der Waals surface area contributed by atoms with Gasteiger partial charge in [0.25, 0.3) is 5.91 Å². The van der Waals surface area contributed by atoms with Gasteiger partial charge in [0.2, 0.25) is 0 Å². The van der Waals surface area contributed by atoms with E-state index in [0.717, 1.165) is 38.4 Å². The first-order valence-corrected chi connectivity index (χ1v) is 7.34. The summed E-state index contributed by atoms with van der Waals surface area (Å²) in [5.41, 5.74) is 7.84. The maximum absolute atomic E-state index is 11.2. The number of nitrogens with two attached hydrogens (primary N) is 1. The van der Waals surface area contributed by atoms with Gasteiger partial charge >= 0.3 is 0 Å². The molecule has 0 aromatic carbocycles. The van der Waals surface area contributed by atoms with E-state index in [9.17, 15) is 4.79 Å². The van der Waals surface area contributed by atoms with Gasteiger partial charge in [0.1, 0.15) is 5.69 Å². The van der Waals surface area contributed by atoms with Crippen molar-refractivity contribution in [1.29, 1.82) is 0 Å². The fourth-order valence-corrected chi connectivity index (χ4v) is 2.66. The van der Waals surface area contributed by atoms with Crippen LogP contribution in [0.4, 0.5) is 5.69 Å². The van der Waals surface area contributed by atoms with E-state index in [4.69, 9.17) is 5.73 Å². The summed E-state index contributed by atoms with van der Waals surface area (Å²) in [4.78, 5) is 24.0. The summed E-state index contributed by atoms with van der Waals surface area (Å²) in [6, 6.07) is 7.75. The predicted molar refractivity (Wildman–Crippen MR) is 84.5 cm³/mol. The Morgan fingerprint density at radius 1 is 1.18 bits per heavy atom. The van der Waals surface area contributed by atoms with Crippen molar-refractivity contribution in [3.8, 4) is 0 Å². The maximum atomic E-state index is 11.2. The molecule has 1 saturated heterocycles. The lowest BCUT2D eigenvalue weighted by atomic mass is 10.2. The van der Waals surface area contributed by atoms with Crippen LogP contribution in [0.1, 0.15) is 16.1 Å². The van der Waals surface area contributed by atoms with Crippen LogP contribution in [0.25, 0.3) is 0 Å². The Kier molecular flexibility index (Phi) is 4.29. The molecular formula is C16H19N5O. The Morgan fingerprint density at radius 2 is 2.00 bits per heavy atom. The summed E-state index contributed by atoms with van der Waals surface area (Å²) in [6.07, 6.45) is 5.34. The summed E-state index contributed by atoms with van der Waals surface area (Å²) in [7, 11) is 0. The number of carbonyl (C=O) groups is 1. The SMILES string of the molecule is NC(=O)c1cc(N2CCN(Cc3cccnc3)CC2)ccn1. The van der Waals surface area contributed by atoms with E-state index in [1.54, 1.807) is 18.5 Å². The number of piperazine rings is 1. The number of carbonyl (C=O) groups excluding carboxylic acids is 1. The molecule has 0 spiro atoms. The van der Waals surface area contributed by atoms with Crippen LogP contribution in [-0.2, 0) is 6.54 Å². The molecule has 114 valence electrons. The first-order chi connectivity index (χ1) is 10.7. The number of hydrogen-bond donors (Lipinski definition) is 1. The number of aromatic nitrogens is 2. The molecule has 0 aliphatic carbocycles. The van der Waals surface area contributed by atoms with Crippen LogP contribution in [-0.4, -0.2) is 47.0 Å². The Morgan fingerprint density at radius 3 is 2.68 bits per heavy atom. The highest BCUT2D eigenvalue weighted by molar-refractivity contribution is 5.91. The topological polar surface area (TPSA) is 75.4 Å². The average Bonchev–Trinajstić information content (AvgIpc) is 2.56. The Hall–Kier alpha value is -2.47. The molecule has 0 atom stereocenters. The van der Waals surface area contributed by atoms with Crippen LogP contribution in [0.15, 0.2) is 42.9 Å². The van der Waals surface area contributed by atoms with Crippen molar-refractivity contribution in [2.24, 2.45) is 5.73 Å². The van der Waals surface area contributed by atoms with Crippen molar-refractivity contribution in [2.45, 2.75) is 6.54 Å². The number of hydrogen-bond acceptors (Lipinski definition) is 5. The predicted octanol–water partition coefficient (Wildman–Crippen LogP) is 0.898. The van der Waals surface area contributed by atoms with E-state index in [-0.39, 0.29) is 0 Å². The van der Waals surface area contributed by atoms with Gasteiger partial charge in [-0.3, -0.25) is 19.7 Å². The zero-order valence-electron chi connectivity index (χ0n) is 12.4. The maximum Gasteiger partial charge on any atom is 0.267 e. The summed E-state index contributed by atoms with van der Waals surface area (Å²) in [6.45, 7) is 4.71. The second-order valence-corrected chi connectivity index (χ2v) is 5.39. The lowest BCUT2D eigenvalue weighted by molar-refractivity contribution is 0.0995. The normalized spacial score (nSPS) is 15.7. The van der Waals surface area contributed by atoms with Gasteiger partial charge in [0, 0.05) is 57.0 Å². The molecule has 0 radical (unpaired) electrons. The molecule has 3 rings (SSSR count). The molecule has 1 aliphatic heterocycles. The van der Waals surface area contributed by atoms with Crippen molar-refractivity contribution in [2.75, 3.05) is 31.1 Å². The summed E-state index contributed by atoms with van der Waals surface area (Å²) >= 11 is 0. The third kappa shape index (κ3) is 3.40. The zero-order chi connectivity index (χ0) is 15.4. The van der Waals surface area contributed by atoms with E-state index in [1.165, 1.54) is 5.56 Å². The first kappa shape index (κ1) is 14.5. The lowest BCUT2D eigenvalue weighted by Gasteiger charge is -2.36. The molecule has 2 N–H and O–H groups in total. The minimum Gasteiger partial charge on any atom is -0.369 e. The van der Waals surface area contributed by atoms with E-state index in [2.05, 4.69) is 25.8 Å². The number of nitrogens with zero attached hydrogens (tertiary/aromatic N) is 4. The van der Waals surface area contributed by atoms with Gasteiger partial charge in [0.15, 0.2) is 0 Å². The van der Waals surface area contributed by atoms with Gasteiger partial charge in [-0.05, 0) is 23.8 Å². The number of pyridine rings is 2. The second kappa shape index (κ2) is 6.53. The molecule has 6 heteroatoms. The molecule has 3 heterocycles. The first-order valence-electron chi connectivity index (χ1n) is 7.34. The van der Waals surface area contributed by atoms with Crippen LogP contribution in [0, 0.1) is 0 Å². The zero-order valence-corrected chi connectivity index (χ0v) is 12.4. The number of anilines is 1. The second-order valence-electron chi connectivity index (χ2n) is 5.39. The average molecular weight is 297 g/mol. The smallest absolute Gasteiger partial charge is 0.267 e. The fraction of sp³-hybridized carbons (Fsp3) is 0.312. The summed E-state index contributed by atoms with van der Waals surface area (Å²) in [5, 5.41) is 0. The van der Waals surface area contributed by atoms with Gasteiger partial charge in [0.05, 0.1) is 0 Å².